The van der Waals surface area contributed by atoms with E-state index in [0.29, 0.717) is 11.4 Å². The highest BCUT2D eigenvalue weighted by atomic mass is 35.5. The maximum atomic E-state index is 11.7. The van der Waals surface area contributed by atoms with Crippen molar-refractivity contribution in [2.24, 2.45) is 5.92 Å². The fourth-order valence-corrected chi connectivity index (χ4v) is 3.48. The van der Waals surface area contributed by atoms with Crippen molar-refractivity contribution in [1.29, 1.82) is 5.26 Å². The second-order valence-electron chi connectivity index (χ2n) is 4.91. The van der Waals surface area contributed by atoms with E-state index in [4.69, 9.17) is 16.3 Å². The van der Waals surface area contributed by atoms with Crippen molar-refractivity contribution in [3.05, 3.63) is 65.2 Å². The molecule has 5 heteroatoms. The van der Waals surface area contributed by atoms with Gasteiger partial charge in [0.2, 0.25) is 0 Å². The van der Waals surface area contributed by atoms with Gasteiger partial charge < -0.3 is 4.74 Å². The number of hydrogen-bond donors (Lipinski definition) is 0. The Morgan fingerprint density at radius 2 is 1.87 bits per heavy atom. The molecule has 0 aliphatic heterocycles. The highest BCUT2D eigenvalue weighted by Crippen LogP contribution is 2.40. The maximum absolute atomic E-state index is 11.7. The number of benzene rings is 2. The third-order valence-corrected chi connectivity index (χ3v) is 4.90. The summed E-state index contributed by atoms with van der Waals surface area (Å²) >= 11 is 7.52. The first-order valence-electron chi connectivity index (χ1n) is 7.08. The number of esters is 1. The number of halogens is 1. The smallest absolute Gasteiger partial charge is 0.323 e. The van der Waals surface area contributed by atoms with Gasteiger partial charge >= 0.3 is 5.97 Å². The van der Waals surface area contributed by atoms with Crippen LogP contribution in [-0.4, -0.2) is 13.1 Å². The summed E-state index contributed by atoms with van der Waals surface area (Å²) in [6, 6.07) is 19.4. The third kappa shape index (κ3) is 5.02. The van der Waals surface area contributed by atoms with Crippen molar-refractivity contribution in [2.75, 3.05) is 7.11 Å². The number of methoxy groups -OCH3 is 1. The fraction of sp³-hybridized carbons (Fsp3) is 0.222. The lowest BCUT2D eigenvalue weighted by molar-refractivity contribution is -0.143. The van der Waals surface area contributed by atoms with E-state index in [-0.39, 0.29) is 5.25 Å². The molecule has 0 saturated carbocycles. The Labute approximate surface area is 145 Å². The van der Waals surface area contributed by atoms with Crippen molar-refractivity contribution in [3.63, 3.8) is 0 Å². The first-order valence-corrected chi connectivity index (χ1v) is 8.34. The summed E-state index contributed by atoms with van der Waals surface area (Å²) in [4.78, 5) is 12.8. The molecular formula is C18H16ClNO2S. The Morgan fingerprint density at radius 3 is 2.43 bits per heavy atom. The number of carbonyl (C=O) groups excluding carboxylic acids is 1. The van der Waals surface area contributed by atoms with Gasteiger partial charge in [-0.05, 0) is 36.2 Å². The zero-order valence-corrected chi connectivity index (χ0v) is 14.2. The number of nitrogens with zero attached hydrogens (tertiary/aromatic N) is 1. The van der Waals surface area contributed by atoms with Gasteiger partial charge in [0.05, 0.1) is 13.2 Å². The molecule has 0 heterocycles. The molecule has 0 saturated heterocycles. The fourth-order valence-electron chi connectivity index (χ4n) is 2.16. The van der Waals surface area contributed by atoms with Crippen LogP contribution < -0.4 is 0 Å². The van der Waals surface area contributed by atoms with E-state index in [2.05, 4.69) is 0 Å². The van der Waals surface area contributed by atoms with Gasteiger partial charge in [-0.2, -0.15) is 5.26 Å². The average Bonchev–Trinajstić information content (AvgIpc) is 2.60. The molecule has 23 heavy (non-hydrogen) atoms. The molecule has 2 unspecified atom stereocenters. The number of nitriles is 1. The van der Waals surface area contributed by atoms with Crippen LogP contribution in [0, 0.1) is 17.2 Å². The molecule has 0 radical (unpaired) electrons. The van der Waals surface area contributed by atoms with E-state index in [1.54, 1.807) is 11.8 Å². The van der Waals surface area contributed by atoms with Gasteiger partial charge in [0.15, 0.2) is 0 Å². The van der Waals surface area contributed by atoms with Gasteiger partial charge in [-0.1, -0.05) is 41.9 Å². The highest BCUT2D eigenvalue weighted by Gasteiger charge is 2.25. The Bertz CT molecular complexity index is 682. The molecule has 0 aromatic heterocycles. The van der Waals surface area contributed by atoms with Crippen LogP contribution in [0.5, 0.6) is 0 Å². The molecule has 0 amide bonds. The lowest BCUT2D eigenvalue weighted by Gasteiger charge is -2.19. The quantitative estimate of drug-likeness (QED) is 0.553. The minimum absolute atomic E-state index is 0.0267. The summed E-state index contributed by atoms with van der Waals surface area (Å²) in [5.74, 6) is -1.28. The van der Waals surface area contributed by atoms with Crippen molar-refractivity contribution in [1.82, 2.24) is 0 Å². The Morgan fingerprint density at radius 1 is 1.22 bits per heavy atom. The first-order chi connectivity index (χ1) is 11.1. The van der Waals surface area contributed by atoms with Crippen LogP contribution in [0.1, 0.15) is 17.2 Å². The SMILES string of the molecule is COC(=O)C(C#N)CC(Sc1ccc(Cl)cc1)c1ccccc1. The predicted octanol–water partition coefficient (Wildman–Crippen LogP) is 4.88. The topological polar surface area (TPSA) is 50.1 Å². The van der Waals surface area contributed by atoms with E-state index >= 15 is 0 Å². The zero-order chi connectivity index (χ0) is 16.7. The average molecular weight is 346 g/mol. The molecule has 0 fully saturated rings. The number of rotatable bonds is 6. The minimum Gasteiger partial charge on any atom is -0.468 e. The summed E-state index contributed by atoms with van der Waals surface area (Å²) in [7, 11) is 1.30. The van der Waals surface area contributed by atoms with Gasteiger partial charge in [-0.3, -0.25) is 4.79 Å². The van der Waals surface area contributed by atoms with Crippen LogP contribution in [0.25, 0.3) is 0 Å². The monoisotopic (exact) mass is 345 g/mol. The van der Waals surface area contributed by atoms with E-state index in [9.17, 15) is 10.1 Å². The van der Waals surface area contributed by atoms with E-state index in [1.807, 2.05) is 60.7 Å². The molecule has 0 aliphatic carbocycles. The lowest BCUT2D eigenvalue weighted by Crippen LogP contribution is -2.16. The standard InChI is InChI=1S/C18H16ClNO2S/c1-22-18(21)14(12-20)11-17(13-5-3-2-4-6-13)23-16-9-7-15(19)8-10-16/h2-10,14,17H,11H2,1H3. The number of ether oxygens (including phenoxy) is 1. The Kier molecular flexibility index (Phi) is 6.52. The molecule has 3 nitrogen and oxygen atoms in total. The van der Waals surface area contributed by atoms with Crippen LogP contribution in [-0.2, 0) is 9.53 Å². The van der Waals surface area contributed by atoms with Crippen molar-refractivity contribution < 1.29 is 9.53 Å². The molecule has 0 N–H and O–H groups in total. The molecule has 2 aromatic rings. The Hall–Kier alpha value is -1.96. The molecule has 2 rings (SSSR count). The second-order valence-corrected chi connectivity index (χ2v) is 6.62. The summed E-state index contributed by atoms with van der Waals surface area (Å²) in [5, 5.41) is 9.90. The van der Waals surface area contributed by atoms with Gasteiger partial charge in [-0.25, -0.2) is 0 Å². The zero-order valence-electron chi connectivity index (χ0n) is 12.6. The second kappa shape index (κ2) is 8.61. The van der Waals surface area contributed by atoms with Crippen LogP contribution in [0.4, 0.5) is 0 Å². The van der Waals surface area contributed by atoms with Crippen LogP contribution >= 0.6 is 23.4 Å². The number of carbonyl (C=O) groups is 1. The molecule has 0 spiro atoms. The van der Waals surface area contributed by atoms with Gasteiger partial charge in [0, 0.05) is 15.2 Å². The summed E-state index contributed by atoms with van der Waals surface area (Å²) in [5.41, 5.74) is 1.07. The molecule has 0 aliphatic rings. The maximum Gasteiger partial charge on any atom is 0.323 e. The van der Waals surface area contributed by atoms with E-state index in [0.717, 1.165) is 10.5 Å². The number of thioether (sulfide) groups is 1. The minimum atomic E-state index is -0.787. The molecule has 0 bridgehead atoms. The molecule has 2 atom stereocenters. The largest absolute Gasteiger partial charge is 0.468 e. The van der Waals surface area contributed by atoms with Crippen molar-refractivity contribution in [2.45, 2.75) is 16.6 Å². The van der Waals surface area contributed by atoms with Crippen molar-refractivity contribution >= 4 is 29.3 Å². The number of hydrogen-bond acceptors (Lipinski definition) is 4. The van der Waals surface area contributed by atoms with Crippen LogP contribution in [0.3, 0.4) is 0 Å². The molecule has 118 valence electrons. The summed E-state index contributed by atoms with van der Waals surface area (Å²) in [6.45, 7) is 0. The summed E-state index contributed by atoms with van der Waals surface area (Å²) in [6.07, 6.45) is 0.389. The molecule has 2 aromatic carbocycles. The van der Waals surface area contributed by atoms with Gasteiger partial charge in [0.1, 0.15) is 5.92 Å². The Balaban J connectivity index is 2.23. The van der Waals surface area contributed by atoms with Crippen LogP contribution in [0.2, 0.25) is 5.02 Å². The van der Waals surface area contributed by atoms with Crippen LogP contribution in [0.15, 0.2) is 59.5 Å². The summed E-state index contributed by atoms with van der Waals surface area (Å²) < 4.78 is 4.72. The highest BCUT2D eigenvalue weighted by molar-refractivity contribution is 7.99. The van der Waals surface area contributed by atoms with Crippen molar-refractivity contribution in [3.8, 4) is 6.07 Å². The van der Waals surface area contributed by atoms with Gasteiger partial charge in [0.25, 0.3) is 0 Å². The third-order valence-electron chi connectivity index (χ3n) is 3.35. The van der Waals surface area contributed by atoms with E-state index < -0.39 is 11.9 Å². The van der Waals surface area contributed by atoms with Gasteiger partial charge in [-0.15, -0.1) is 11.8 Å². The lowest BCUT2D eigenvalue weighted by atomic mass is 10.0. The predicted molar refractivity (Wildman–Crippen MR) is 92.2 cm³/mol. The van der Waals surface area contributed by atoms with E-state index in [1.165, 1.54) is 7.11 Å². The normalized spacial score (nSPS) is 12.9. The molecular weight excluding hydrogens is 330 g/mol. The first kappa shape index (κ1) is 17.4.